The second-order valence-corrected chi connectivity index (χ2v) is 6.64. The van der Waals surface area contributed by atoms with E-state index in [1.807, 2.05) is 13.0 Å². The van der Waals surface area contributed by atoms with Crippen LogP contribution in [-0.2, 0) is 14.4 Å². The molecule has 0 unspecified atom stereocenters. The number of carbonyl (C=O) groups excluding carboxylic acids is 3. The molecule has 1 heterocycles. The van der Waals surface area contributed by atoms with E-state index in [9.17, 15) is 14.4 Å². The van der Waals surface area contributed by atoms with Crippen molar-refractivity contribution in [2.75, 3.05) is 29.2 Å². The van der Waals surface area contributed by atoms with Gasteiger partial charge in [0.05, 0.1) is 7.11 Å². The van der Waals surface area contributed by atoms with Gasteiger partial charge in [0.15, 0.2) is 0 Å². The third kappa shape index (κ3) is 4.49. The van der Waals surface area contributed by atoms with Crippen LogP contribution in [0.2, 0.25) is 0 Å². The largest absolute Gasteiger partial charge is 0.497 e. The van der Waals surface area contributed by atoms with E-state index in [0.717, 1.165) is 24.1 Å². The van der Waals surface area contributed by atoms with Gasteiger partial charge in [0, 0.05) is 36.1 Å². The fourth-order valence-electron chi connectivity index (χ4n) is 3.12. The van der Waals surface area contributed by atoms with E-state index in [-0.39, 0.29) is 5.91 Å². The van der Waals surface area contributed by atoms with Crippen LogP contribution in [-0.4, -0.2) is 31.4 Å². The molecule has 1 aliphatic heterocycles. The molecular formula is C21H23N3O4. The van der Waals surface area contributed by atoms with E-state index in [2.05, 4.69) is 10.6 Å². The Morgan fingerprint density at radius 1 is 1.00 bits per heavy atom. The van der Waals surface area contributed by atoms with Crippen LogP contribution in [0, 0.1) is 6.92 Å². The number of rotatable bonds is 4. The van der Waals surface area contributed by atoms with Gasteiger partial charge in [0.1, 0.15) is 5.75 Å². The SMILES string of the molecule is COc1cccc(NC(=O)C(=O)Nc2ccc(C)c(N3CCCCC3=O)c2)c1. The first kappa shape index (κ1) is 19.4. The summed E-state index contributed by atoms with van der Waals surface area (Å²) in [6.07, 6.45) is 2.37. The van der Waals surface area contributed by atoms with Gasteiger partial charge < -0.3 is 20.3 Å². The standard InChI is InChI=1S/C21H23N3O4/c1-14-9-10-16(13-18(14)24-11-4-3-8-19(24)25)23-21(27)20(26)22-15-6-5-7-17(12-15)28-2/h5-7,9-10,12-13H,3-4,8,11H2,1-2H3,(H,22,26)(H,23,27). The highest BCUT2D eigenvalue weighted by molar-refractivity contribution is 6.43. The molecule has 7 heteroatoms. The second-order valence-electron chi connectivity index (χ2n) is 6.64. The molecule has 0 radical (unpaired) electrons. The van der Waals surface area contributed by atoms with E-state index >= 15 is 0 Å². The van der Waals surface area contributed by atoms with E-state index in [1.54, 1.807) is 41.3 Å². The first-order valence-corrected chi connectivity index (χ1v) is 9.15. The number of nitrogens with zero attached hydrogens (tertiary/aromatic N) is 1. The summed E-state index contributed by atoms with van der Waals surface area (Å²) in [5, 5.41) is 5.13. The first-order chi connectivity index (χ1) is 13.5. The summed E-state index contributed by atoms with van der Waals surface area (Å²) in [5.41, 5.74) is 2.62. The molecular weight excluding hydrogens is 358 g/mol. The Labute approximate surface area is 163 Å². The second kappa shape index (κ2) is 8.56. The molecule has 2 aromatic carbocycles. The maximum Gasteiger partial charge on any atom is 0.314 e. The van der Waals surface area contributed by atoms with Gasteiger partial charge in [-0.15, -0.1) is 0 Å². The number of amides is 3. The number of hydrogen-bond acceptors (Lipinski definition) is 4. The summed E-state index contributed by atoms with van der Waals surface area (Å²) in [4.78, 5) is 38.4. The van der Waals surface area contributed by atoms with Crippen LogP contribution >= 0.6 is 0 Å². The van der Waals surface area contributed by atoms with Crippen molar-refractivity contribution in [3.05, 3.63) is 48.0 Å². The van der Waals surface area contributed by atoms with E-state index in [0.29, 0.717) is 30.1 Å². The molecule has 0 bridgehead atoms. The highest BCUT2D eigenvalue weighted by Crippen LogP contribution is 2.27. The van der Waals surface area contributed by atoms with Crippen molar-refractivity contribution >= 4 is 34.8 Å². The maximum atomic E-state index is 12.3. The monoisotopic (exact) mass is 381 g/mol. The normalized spacial score (nSPS) is 13.8. The van der Waals surface area contributed by atoms with Crippen molar-refractivity contribution in [3.63, 3.8) is 0 Å². The van der Waals surface area contributed by atoms with Gasteiger partial charge in [-0.25, -0.2) is 0 Å². The van der Waals surface area contributed by atoms with Crippen molar-refractivity contribution in [2.45, 2.75) is 26.2 Å². The van der Waals surface area contributed by atoms with Crippen LogP contribution in [0.4, 0.5) is 17.1 Å². The zero-order valence-corrected chi connectivity index (χ0v) is 16.0. The zero-order valence-electron chi connectivity index (χ0n) is 16.0. The average molecular weight is 381 g/mol. The number of hydrogen-bond donors (Lipinski definition) is 2. The van der Waals surface area contributed by atoms with Crippen molar-refractivity contribution in [1.82, 2.24) is 0 Å². The molecule has 7 nitrogen and oxygen atoms in total. The number of benzene rings is 2. The predicted molar refractivity (Wildman–Crippen MR) is 108 cm³/mol. The lowest BCUT2D eigenvalue weighted by molar-refractivity contribution is -0.132. The highest BCUT2D eigenvalue weighted by atomic mass is 16.5. The van der Waals surface area contributed by atoms with E-state index < -0.39 is 11.8 Å². The Balaban J connectivity index is 1.70. The minimum atomic E-state index is -0.789. The van der Waals surface area contributed by atoms with E-state index in [1.165, 1.54) is 7.11 Å². The quantitative estimate of drug-likeness (QED) is 0.797. The number of anilines is 3. The third-order valence-electron chi connectivity index (χ3n) is 4.62. The van der Waals surface area contributed by atoms with Gasteiger partial charge in [-0.1, -0.05) is 12.1 Å². The number of methoxy groups -OCH3 is 1. The van der Waals surface area contributed by atoms with Crippen LogP contribution in [0.25, 0.3) is 0 Å². The van der Waals surface area contributed by atoms with Crippen molar-refractivity contribution in [3.8, 4) is 5.75 Å². The number of piperidine rings is 1. The number of nitrogens with one attached hydrogen (secondary N) is 2. The highest BCUT2D eigenvalue weighted by Gasteiger charge is 2.22. The summed E-state index contributed by atoms with van der Waals surface area (Å²) < 4.78 is 5.10. The molecule has 0 saturated carbocycles. The molecule has 0 atom stereocenters. The lowest BCUT2D eigenvalue weighted by Gasteiger charge is -2.28. The molecule has 0 aromatic heterocycles. The molecule has 2 aromatic rings. The minimum absolute atomic E-state index is 0.0774. The average Bonchev–Trinajstić information content (AvgIpc) is 2.70. The van der Waals surface area contributed by atoms with Gasteiger partial charge in [-0.2, -0.15) is 0 Å². The number of carbonyl (C=O) groups is 3. The van der Waals surface area contributed by atoms with Crippen molar-refractivity contribution in [2.24, 2.45) is 0 Å². The lowest BCUT2D eigenvalue weighted by Crippen LogP contribution is -2.35. The van der Waals surface area contributed by atoms with Crippen LogP contribution in [0.1, 0.15) is 24.8 Å². The first-order valence-electron chi connectivity index (χ1n) is 9.15. The Morgan fingerprint density at radius 2 is 1.71 bits per heavy atom. The molecule has 28 heavy (non-hydrogen) atoms. The fourth-order valence-corrected chi connectivity index (χ4v) is 3.12. The van der Waals surface area contributed by atoms with Crippen molar-refractivity contribution < 1.29 is 19.1 Å². The summed E-state index contributed by atoms with van der Waals surface area (Å²) >= 11 is 0. The summed E-state index contributed by atoms with van der Waals surface area (Å²) in [7, 11) is 1.52. The minimum Gasteiger partial charge on any atom is -0.497 e. The third-order valence-corrected chi connectivity index (χ3v) is 4.62. The van der Waals surface area contributed by atoms with Gasteiger partial charge in [-0.3, -0.25) is 14.4 Å². The number of ether oxygens (including phenoxy) is 1. The van der Waals surface area contributed by atoms with Gasteiger partial charge in [-0.05, 0) is 49.6 Å². The smallest absolute Gasteiger partial charge is 0.314 e. The molecule has 0 aliphatic carbocycles. The zero-order chi connectivity index (χ0) is 20.1. The fraction of sp³-hybridized carbons (Fsp3) is 0.286. The van der Waals surface area contributed by atoms with Crippen LogP contribution < -0.4 is 20.3 Å². The Kier molecular flexibility index (Phi) is 5.93. The Morgan fingerprint density at radius 3 is 2.39 bits per heavy atom. The Bertz CT molecular complexity index is 910. The van der Waals surface area contributed by atoms with Gasteiger partial charge >= 0.3 is 11.8 Å². The molecule has 2 N–H and O–H groups in total. The molecule has 3 rings (SSSR count). The topological polar surface area (TPSA) is 87.7 Å². The molecule has 1 saturated heterocycles. The maximum absolute atomic E-state index is 12.3. The molecule has 146 valence electrons. The summed E-state index contributed by atoms with van der Waals surface area (Å²) in [6, 6.07) is 12.0. The summed E-state index contributed by atoms with van der Waals surface area (Å²) in [6.45, 7) is 2.58. The van der Waals surface area contributed by atoms with Gasteiger partial charge in [0.25, 0.3) is 0 Å². The molecule has 3 amide bonds. The van der Waals surface area contributed by atoms with E-state index in [4.69, 9.17) is 4.74 Å². The van der Waals surface area contributed by atoms with Crippen molar-refractivity contribution in [1.29, 1.82) is 0 Å². The predicted octanol–water partition coefficient (Wildman–Crippen LogP) is 3.10. The molecule has 0 spiro atoms. The lowest BCUT2D eigenvalue weighted by atomic mass is 10.1. The molecule has 1 aliphatic rings. The molecule has 1 fully saturated rings. The van der Waals surface area contributed by atoms with Gasteiger partial charge in [0.2, 0.25) is 5.91 Å². The van der Waals surface area contributed by atoms with Crippen LogP contribution in [0.5, 0.6) is 5.75 Å². The summed E-state index contributed by atoms with van der Waals surface area (Å²) in [5.74, 6) is -0.923. The Hall–Kier alpha value is -3.35. The van der Waals surface area contributed by atoms with Crippen LogP contribution in [0.15, 0.2) is 42.5 Å². The number of aryl methyl sites for hydroxylation is 1. The van der Waals surface area contributed by atoms with Crippen LogP contribution in [0.3, 0.4) is 0 Å².